The molecular weight excluding hydrogens is 314 g/mol. The van der Waals surface area contributed by atoms with Crippen LogP contribution in [0.2, 0.25) is 0 Å². The highest BCUT2D eigenvalue weighted by Crippen LogP contribution is 2.26. The fourth-order valence-electron chi connectivity index (χ4n) is 3.13. The molecule has 1 aliphatic rings. The number of hydrogen-bond acceptors (Lipinski definition) is 5. The van der Waals surface area contributed by atoms with E-state index < -0.39 is 0 Å². The first-order chi connectivity index (χ1) is 12.3. The maximum atomic E-state index is 9.44. The molecule has 0 saturated carbocycles. The van der Waals surface area contributed by atoms with Gasteiger partial charge < -0.3 is 9.47 Å². The lowest BCUT2D eigenvalue weighted by Gasteiger charge is -2.26. The van der Waals surface area contributed by atoms with Crippen LogP contribution in [-0.4, -0.2) is 49.3 Å². The van der Waals surface area contributed by atoms with Crippen LogP contribution in [0.4, 0.5) is 0 Å². The van der Waals surface area contributed by atoms with Crippen LogP contribution >= 0.6 is 0 Å². The van der Waals surface area contributed by atoms with Crippen molar-refractivity contribution in [2.24, 2.45) is 0 Å². The van der Waals surface area contributed by atoms with Crippen LogP contribution in [0.25, 0.3) is 21.7 Å². The maximum absolute atomic E-state index is 9.44. The normalized spacial score (nSPS) is 15.3. The van der Waals surface area contributed by atoms with Crippen LogP contribution in [0.5, 0.6) is 5.88 Å². The van der Waals surface area contributed by atoms with Crippen molar-refractivity contribution >= 4 is 21.7 Å². The summed E-state index contributed by atoms with van der Waals surface area (Å²) in [6.45, 7) is 4.71. The third-order valence-electron chi connectivity index (χ3n) is 4.52. The Morgan fingerprint density at radius 3 is 2.60 bits per heavy atom. The molecule has 2 heterocycles. The molecule has 0 aliphatic carbocycles. The van der Waals surface area contributed by atoms with E-state index in [1.54, 1.807) is 0 Å². The number of pyridine rings is 1. The van der Waals surface area contributed by atoms with Crippen LogP contribution in [0.1, 0.15) is 5.56 Å². The Morgan fingerprint density at radius 2 is 1.84 bits per heavy atom. The predicted molar refractivity (Wildman–Crippen MR) is 96.7 cm³/mol. The molecule has 0 spiro atoms. The molecule has 1 aliphatic heterocycles. The van der Waals surface area contributed by atoms with Crippen molar-refractivity contribution in [3.8, 4) is 11.9 Å². The molecule has 2 aromatic carbocycles. The van der Waals surface area contributed by atoms with Crippen LogP contribution in [0.3, 0.4) is 0 Å². The van der Waals surface area contributed by atoms with Crippen LogP contribution < -0.4 is 4.74 Å². The number of rotatable bonds is 4. The summed E-state index contributed by atoms with van der Waals surface area (Å²) in [4.78, 5) is 6.89. The molecule has 0 amide bonds. The Morgan fingerprint density at radius 1 is 1.08 bits per heavy atom. The molecule has 5 heteroatoms. The van der Waals surface area contributed by atoms with Crippen molar-refractivity contribution in [3.05, 3.63) is 48.0 Å². The van der Waals surface area contributed by atoms with Crippen LogP contribution in [0, 0.1) is 11.3 Å². The summed E-state index contributed by atoms with van der Waals surface area (Å²) < 4.78 is 11.2. The molecule has 4 rings (SSSR count). The van der Waals surface area contributed by atoms with Crippen LogP contribution in [0.15, 0.2) is 42.5 Å². The lowest BCUT2D eigenvalue weighted by atomic mass is 10.1. The van der Waals surface area contributed by atoms with Gasteiger partial charge in [-0.2, -0.15) is 5.26 Å². The van der Waals surface area contributed by atoms with E-state index in [0.717, 1.165) is 54.5 Å². The molecule has 25 heavy (non-hydrogen) atoms. The minimum absolute atomic E-state index is 0.415. The fourth-order valence-corrected chi connectivity index (χ4v) is 3.13. The summed E-state index contributed by atoms with van der Waals surface area (Å²) in [5.41, 5.74) is 1.32. The number of nitrogens with zero attached hydrogens (tertiary/aromatic N) is 3. The summed E-state index contributed by atoms with van der Waals surface area (Å²) in [6, 6.07) is 16.3. The molecule has 1 aromatic heterocycles. The summed E-state index contributed by atoms with van der Waals surface area (Å²) in [5.74, 6) is 0.415. The zero-order valence-corrected chi connectivity index (χ0v) is 13.9. The van der Waals surface area contributed by atoms with Crippen molar-refractivity contribution in [3.63, 3.8) is 0 Å². The minimum Gasteiger partial charge on any atom is -0.475 e. The Balaban J connectivity index is 1.58. The lowest BCUT2D eigenvalue weighted by Crippen LogP contribution is -2.38. The second kappa shape index (κ2) is 7.06. The van der Waals surface area contributed by atoms with Gasteiger partial charge in [0.05, 0.1) is 18.7 Å². The highest BCUT2D eigenvalue weighted by molar-refractivity contribution is 5.97. The minimum atomic E-state index is 0.415. The van der Waals surface area contributed by atoms with E-state index in [1.165, 1.54) is 0 Å². The molecule has 0 unspecified atom stereocenters. The molecule has 3 aromatic rings. The van der Waals surface area contributed by atoms with Crippen molar-refractivity contribution in [2.45, 2.75) is 0 Å². The van der Waals surface area contributed by atoms with Crippen molar-refractivity contribution in [1.29, 1.82) is 5.26 Å². The van der Waals surface area contributed by atoms with Gasteiger partial charge in [0.2, 0.25) is 5.88 Å². The number of benzene rings is 2. The van der Waals surface area contributed by atoms with E-state index >= 15 is 0 Å². The highest BCUT2D eigenvalue weighted by atomic mass is 16.5. The predicted octanol–water partition coefficient (Wildman–Crippen LogP) is 2.97. The topological polar surface area (TPSA) is 58.4 Å². The average molecular weight is 333 g/mol. The van der Waals surface area contributed by atoms with E-state index in [-0.39, 0.29) is 0 Å². The molecule has 126 valence electrons. The first kappa shape index (κ1) is 15.8. The van der Waals surface area contributed by atoms with Gasteiger partial charge in [0, 0.05) is 25.0 Å². The number of aromatic nitrogens is 1. The third-order valence-corrected chi connectivity index (χ3v) is 4.52. The standard InChI is InChI=1S/C20H19N3O2/c21-14-18-12-17-11-15-3-1-2-4-16(15)13-19(17)22-20(18)25-10-7-23-5-8-24-9-6-23/h1-4,11-13H,5-10H2. The van der Waals surface area contributed by atoms with Crippen molar-refractivity contribution < 1.29 is 9.47 Å². The van der Waals surface area contributed by atoms with Gasteiger partial charge in [0.1, 0.15) is 18.2 Å². The molecule has 0 N–H and O–H groups in total. The Labute approximate surface area is 146 Å². The Bertz CT molecular complexity index is 943. The average Bonchev–Trinajstić information content (AvgIpc) is 2.66. The zero-order valence-electron chi connectivity index (χ0n) is 13.9. The van der Waals surface area contributed by atoms with Crippen LogP contribution in [-0.2, 0) is 4.74 Å². The van der Waals surface area contributed by atoms with Gasteiger partial charge >= 0.3 is 0 Å². The number of morpholine rings is 1. The van der Waals surface area contributed by atoms with E-state index in [1.807, 2.05) is 24.3 Å². The van der Waals surface area contributed by atoms with E-state index in [2.05, 4.69) is 34.2 Å². The van der Waals surface area contributed by atoms with Crippen molar-refractivity contribution in [1.82, 2.24) is 9.88 Å². The molecular formula is C20H19N3O2. The van der Waals surface area contributed by atoms with E-state index in [4.69, 9.17) is 9.47 Å². The summed E-state index contributed by atoms with van der Waals surface area (Å²) in [7, 11) is 0. The second-order valence-electron chi connectivity index (χ2n) is 6.15. The molecule has 1 saturated heterocycles. The van der Waals surface area contributed by atoms with Gasteiger partial charge in [-0.3, -0.25) is 4.90 Å². The molecule has 5 nitrogen and oxygen atoms in total. The SMILES string of the molecule is N#Cc1cc2cc3ccccc3cc2nc1OCCN1CCOCC1. The van der Waals surface area contributed by atoms with Gasteiger partial charge in [0.25, 0.3) is 0 Å². The van der Waals surface area contributed by atoms with Gasteiger partial charge in [-0.25, -0.2) is 4.98 Å². The quantitative estimate of drug-likeness (QED) is 0.687. The van der Waals surface area contributed by atoms with Gasteiger partial charge in [-0.05, 0) is 29.0 Å². The summed E-state index contributed by atoms with van der Waals surface area (Å²) in [6.07, 6.45) is 0. The van der Waals surface area contributed by atoms with E-state index in [0.29, 0.717) is 18.1 Å². The number of hydrogen-bond donors (Lipinski definition) is 0. The fraction of sp³-hybridized carbons (Fsp3) is 0.300. The highest BCUT2D eigenvalue weighted by Gasteiger charge is 2.12. The number of ether oxygens (including phenoxy) is 2. The Hall–Kier alpha value is -2.68. The Kier molecular flexibility index (Phi) is 4.47. The summed E-state index contributed by atoms with van der Waals surface area (Å²) >= 11 is 0. The number of fused-ring (bicyclic) bond motifs is 2. The largest absolute Gasteiger partial charge is 0.475 e. The van der Waals surface area contributed by atoms with Gasteiger partial charge in [-0.1, -0.05) is 24.3 Å². The first-order valence-electron chi connectivity index (χ1n) is 8.50. The van der Waals surface area contributed by atoms with E-state index in [9.17, 15) is 5.26 Å². The smallest absolute Gasteiger partial charge is 0.232 e. The molecule has 0 bridgehead atoms. The third kappa shape index (κ3) is 3.41. The number of nitriles is 1. The second-order valence-corrected chi connectivity index (χ2v) is 6.15. The lowest BCUT2D eigenvalue weighted by molar-refractivity contribution is 0.0320. The monoisotopic (exact) mass is 333 g/mol. The van der Waals surface area contributed by atoms with Crippen molar-refractivity contribution in [2.75, 3.05) is 39.5 Å². The molecule has 1 fully saturated rings. The summed E-state index contributed by atoms with van der Waals surface area (Å²) in [5, 5.41) is 12.7. The van der Waals surface area contributed by atoms with Gasteiger partial charge in [0.15, 0.2) is 0 Å². The molecule has 0 atom stereocenters. The first-order valence-corrected chi connectivity index (χ1v) is 8.50. The van der Waals surface area contributed by atoms with Gasteiger partial charge in [-0.15, -0.1) is 0 Å². The maximum Gasteiger partial charge on any atom is 0.232 e. The molecule has 0 radical (unpaired) electrons. The zero-order chi connectivity index (χ0) is 17.1.